The molecule has 0 aliphatic rings. The fourth-order valence-corrected chi connectivity index (χ4v) is 3.86. The van der Waals surface area contributed by atoms with Crippen molar-refractivity contribution < 1.29 is 14.6 Å². The van der Waals surface area contributed by atoms with Crippen molar-refractivity contribution in [3.05, 3.63) is 113 Å². The summed E-state index contributed by atoms with van der Waals surface area (Å²) in [6.45, 7) is 0.626. The number of fused-ring (bicyclic) bond motifs is 1. The lowest BCUT2D eigenvalue weighted by atomic mass is 10.2. The zero-order valence-electron chi connectivity index (χ0n) is 18.6. The smallest absolute Gasteiger partial charge is 0.333 e. The van der Waals surface area contributed by atoms with E-state index in [0.29, 0.717) is 29.2 Å². The monoisotopic (exact) mass is 453 g/mol. The molecule has 0 bridgehead atoms. The second-order valence-electron chi connectivity index (χ2n) is 7.84. The van der Waals surface area contributed by atoms with Crippen molar-refractivity contribution in [3.8, 4) is 23.2 Å². The molecule has 2 heterocycles. The van der Waals surface area contributed by atoms with Gasteiger partial charge >= 0.3 is 5.69 Å². The van der Waals surface area contributed by atoms with Crippen molar-refractivity contribution in [2.24, 2.45) is 7.05 Å². The van der Waals surface area contributed by atoms with Gasteiger partial charge in [0.15, 0.2) is 0 Å². The standard InChI is InChI=1S/C27H23N3O4/c1-29-25-21(13-8-14-23(25)31)30(27(29)32)22-15-16-24(33-17-19-9-4-2-5-10-19)28-26(22)34-18-20-11-6-3-7-12-20/h2-16,31H,17-18H2,1H3. The van der Waals surface area contributed by atoms with Crippen LogP contribution in [0.1, 0.15) is 11.1 Å². The number of phenols is 1. The average Bonchev–Trinajstić information content (AvgIpc) is 3.13. The molecule has 1 N–H and O–H groups in total. The summed E-state index contributed by atoms with van der Waals surface area (Å²) in [5.41, 5.74) is 3.11. The number of hydrogen-bond donors (Lipinski definition) is 1. The molecule has 0 saturated heterocycles. The molecule has 0 atom stereocenters. The molecule has 0 radical (unpaired) electrons. The van der Waals surface area contributed by atoms with Crippen LogP contribution in [0.2, 0.25) is 0 Å². The maximum atomic E-state index is 13.2. The number of nitrogens with zero attached hydrogens (tertiary/aromatic N) is 3. The Labute approximate surface area is 196 Å². The molecule has 0 fully saturated rings. The van der Waals surface area contributed by atoms with E-state index in [1.807, 2.05) is 60.7 Å². The van der Waals surface area contributed by atoms with E-state index in [0.717, 1.165) is 11.1 Å². The quantitative estimate of drug-likeness (QED) is 0.390. The van der Waals surface area contributed by atoms with E-state index in [2.05, 4.69) is 4.98 Å². The molecule has 0 unspecified atom stereocenters. The first-order chi connectivity index (χ1) is 16.6. The van der Waals surface area contributed by atoms with Crippen LogP contribution in [-0.2, 0) is 20.3 Å². The largest absolute Gasteiger partial charge is 0.506 e. The minimum Gasteiger partial charge on any atom is -0.506 e. The lowest BCUT2D eigenvalue weighted by molar-refractivity contribution is 0.267. The molecular formula is C27H23N3O4. The summed E-state index contributed by atoms with van der Waals surface area (Å²) < 4.78 is 14.9. The highest BCUT2D eigenvalue weighted by Gasteiger charge is 2.20. The first-order valence-corrected chi connectivity index (χ1v) is 10.9. The molecule has 3 aromatic carbocycles. The summed E-state index contributed by atoms with van der Waals surface area (Å²) in [7, 11) is 1.62. The molecule has 0 amide bonds. The van der Waals surface area contributed by atoms with E-state index in [1.165, 1.54) is 9.13 Å². The van der Waals surface area contributed by atoms with Crippen LogP contribution in [0.5, 0.6) is 17.5 Å². The molecular weight excluding hydrogens is 430 g/mol. The number of para-hydroxylation sites is 1. The number of phenolic OH excluding ortho intramolecular Hbond substituents is 1. The summed E-state index contributed by atoms with van der Waals surface area (Å²) in [5, 5.41) is 10.3. The topological polar surface area (TPSA) is 78.5 Å². The number of aryl methyl sites for hydroxylation is 1. The number of hydrogen-bond acceptors (Lipinski definition) is 5. The van der Waals surface area contributed by atoms with Gasteiger partial charge in [0.2, 0.25) is 11.8 Å². The summed E-state index contributed by atoms with van der Waals surface area (Å²) in [6, 6.07) is 28.0. The zero-order valence-corrected chi connectivity index (χ0v) is 18.6. The van der Waals surface area contributed by atoms with Gasteiger partial charge in [0.05, 0.1) is 5.52 Å². The zero-order chi connectivity index (χ0) is 23.5. The molecule has 5 rings (SSSR count). The fourth-order valence-electron chi connectivity index (χ4n) is 3.86. The molecule has 170 valence electrons. The van der Waals surface area contributed by atoms with Gasteiger partial charge in [-0.25, -0.2) is 4.79 Å². The van der Waals surface area contributed by atoms with Crippen molar-refractivity contribution in [3.63, 3.8) is 0 Å². The Balaban J connectivity index is 1.56. The fraction of sp³-hybridized carbons (Fsp3) is 0.111. The van der Waals surface area contributed by atoms with Gasteiger partial charge in [0.1, 0.15) is 30.2 Å². The predicted octanol–water partition coefficient (Wildman–Crippen LogP) is 4.59. The Bertz CT molecular complexity index is 1490. The van der Waals surface area contributed by atoms with Gasteiger partial charge in [-0.15, -0.1) is 0 Å². The Morgan fingerprint density at radius 2 is 1.44 bits per heavy atom. The number of rotatable bonds is 7. The van der Waals surface area contributed by atoms with Crippen molar-refractivity contribution in [1.82, 2.24) is 14.1 Å². The van der Waals surface area contributed by atoms with Crippen LogP contribution in [0.3, 0.4) is 0 Å². The highest BCUT2D eigenvalue weighted by atomic mass is 16.5. The van der Waals surface area contributed by atoms with Crippen LogP contribution >= 0.6 is 0 Å². The molecule has 0 aliphatic heterocycles. The Kier molecular flexibility index (Phi) is 5.74. The van der Waals surface area contributed by atoms with Crippen LogP contribution in [-0.4, -0.2) is 19.2 Å². The third-order valence-corrected chi connectivity index (χ3v) is 5.55. The second-order valence-corrected chi connectivity index (χ2v) is 7.84. The summed E-state index contributed by atoms with van der Waals surface area (Å²) >= 11 is 0. The van der Waals surface area contributed by atoms with Crippen LogP contribution in [0.15, 0.2) is 95.8 Å². The highest BCUT2D eigenvalue weighted by Crippen LogP contribution is 2.30. The summed E-state index contributed by atoms with van der Waals surface area (Å²) in [5.74, 6) is 0.664. The van der Waals surface area contributed by atoms with E-state index >= 15 is 0 Å². The van der Waals surface area contributed by atoms with E-state index in [9.17, 15) is 9.90 Å². The number of pyridine rings is 1. The van der Waals surface area contributed by atoms with E-state index in [4.69, 9.17) is 9.47 Å². The summed E-state index contributed by atoms with van der Waals surface area (Å²) in [4.78, 5) is 17.7. The minimum atomic E-state index is -0.319. The van der Waals surface area contributed by atoms with Gasteiger partial charge in [-0.1, -0.05) is 66.7 Å². The average molecular weight is 453 g/mol. The number of aromatic hydroxyl groups is 1. The number of aromatic nitrogens is 3. The van der Waals surface area contributed by atoms with Crippen LogP contribution in [0.25, 0.3) is 16.7 Å². The third kappa shape index (κ3) is 4.11. The Morgan fingerprint density at radius 3 is 2.12 bits per heavy atom. The van der Waals surface area contributed by atoms with Gasteiger partial charge < -0.3 is 14.6 Å². The molecule has 5 aromatic rings. The van der Waals surface area contributed by atoms with E-state index in [1.54, 1.807) is 37.4 Å². The third-order valence-electron chi connectivity index (χ3n) is 5.55. The molecule has 0 saturated carbocycles. The molecule has 0 aliphatic carbocycles. The van der Waals surface area contributed by atoms with Crippen LogP contribution in [0, 0.1) is 0 Å². The normalized spacial score (nSPS) is 11.0. The van der Waals surface area contributed by atoms with E-state index < -0.39 is 0 Å². The Morgan fingerprint density at radius 1 is 0.794 bits per heavy atom. The molecule has 7 nitrogen and oxygen atoms in total. The number of ether oxygens (including phenoxy) is 2. The molecule has 2 aromatic heterocycles. The Hall–Kier alpha value is -4.52. The van der Waals surface area contributed by atoms with Gasteiger partial charge in [-0.2, -0.15) is 4.98 Å². The molecule has 7 heteroatoms. The van der Waals surface area contributed by atoms with Crippen LogP contribution in [0.4, 0.5) is 0 Å². The van der Waals surface area contributed by atoms with Crippen molar-refractivity contribution in [2.75, 3.05) is 0 Å². The first kappa shape index (κ1) is 21.3. The van der Waals surface area contributed by atoms with Gasteiger partial charge in [0.25, 0.3) is 0 Å². The minimum absolute atomic E-state index is 0.0263. The highest BCUT2D eigenvalue weighted by molar-refractivity contribution is 5.84. The maximum absolute atomic E-state index is 13.2. The molecule has 0 spiro atoms. The maximum Gasteiger partial charge on any atom is 0.333 e. The second kappa shape index (κ2) is 9.15. The lowest BCUT2D eigenvalue weighted by Gasteiger charge is -2.14. The van der Waals surface area contributed by atoms with E-state index in [-0.39, 0.29) is 23.9 Å². The van der Waals surface area contributed by atoms with Crippen LogP contribution < -0.4 is 15.2 Å². The van der Waals surface area contributed by atoms with Crippen molar-refractivity contribution in [1.29, 1.82) is 0 Å². The predicted molar refractivity (Wildman–Crippen MR) is 130 cm³/mol. The first-order valence-electron chi connectivity index (χ1n) is 10.9. The number of imidazole rings is 1. The molecule has 34 heavy (non-hydrogen) atoms. The lowest BCUT2D eigenvalue weighted by Crippen LogP contribution is -2.21. The van der Waals surface area contributed by atoms with Gasteiger partial charge in [-0.05, 0) is 29.3 Å². The SMILES string of the molecule is Cn1c(=O)n(-c2ccc(OCc3ccccc3)nc2OCc2ccccc2)c2cccc(O)c21. The van der Waals surface area contributed by atoms with Gasteiger partial charge in [0, 0.05) is 13.1 Å². The summed E-state index contributed by atoms with van der Waals surface area (Å²) in [6.07, 6.45) is 0. The van der Waals surface area contributed by atoms with Gasteiger partial charge in [-0.3, -0.25) is 9.13 Å². The van der Waals surface area contributed by atoms with Crippen molar-refractivity contribution in [2.45, 2.75) is 13.2 Å². The number of benzene rings is 3. The van der Waals surface area contributed by atoms with Crippen molar-refractivity contribution >= 4 is 11.0 Å².